The van der Waals surface area contributed by atoms with Gasteiger partial charge in [0.25, 0.3) is 0 Å². The van der Waals surface area contributed by atoms with Crippen LogP contribution in [-0.2, 0) is 6.18 Å². The van der Waals surface area contributed by atoms with Crippen LogP contribution in [0.25, 0.3) is 32.1 Å². The maximum Gasteiger partial charge on any atom is 0.417 e. The average molecular weight is 813 g/mol. The van der Waals surface area contributed by atoms with Gasteiger partial charge in [0.2, 0.25) is 0 Å². The Bertz CT molecular complexity index is 2350. The number of carbonyl (C=O) groups excluding carboxylic acids is 1. The number of nitrogen functional groups attached to an aromatic ring is 1. The lowest BCUT2D eigenvalue weighted by molar-refractivity contribution is -0.137. The van der Waals surface area contributed by atoms with Crippen LogP contribution in [-0.4, -0.2) is 101 Å². The predicted octanol–water partition coefficient (Wildman–Crippen LogP) is 7.83. The Balaban J connectivity index is 1.16. The number of ether oxygens (including phenoxy) is 1. The number of hydrogen-bond donors (Lipinski definition) is 1. The molecule has 4 aromatic rings. The number of likely N-dealkylation sites (N-methyl/N-ethyl adjacent to an activating group) is 1. The van der Waals surface area contributed by atoms with E-state index in [4.69, 9.17) is 10.5 Å². The van der Waals surface area contributed by atoms with Gasteiger partial charge in [0, 0.05) is 68.1 Å². The third kappa shape index (κ3) is 5.94. The number of carbonyl (C=O) groups is 1. The molecule has 17 heteroatoms. The lowest BCUT2D eigenvalue weighted by Crippen LogP contribution is -2.45. The normalized spacial score (nSPS) is 26.7. The van der Waals surface area contributed by atoms with Gasteiger partial charge < -0.3 is 25.2 Å². The zero-order valence-electron chi connectivity index (χ0n) is 31.7. The summed E-state index contributed by atoms with van der Waals surface area (Å²) in [4.78, 5) is 30.2. The highest BCUT2D eigenvalue weighted by molar-refractivity contribution is 7.23. The molecule has 2 amide bonds. The molecule has 0 radical (unpaired) electrons. The Kier molecular flexibility index (Phi) is 8.82. The first-order valence-corrected chi connectivity index (χ1v) is 20.2. The molecule has 5 fully saturated rings. The van der Waals surface area contributed by atoms with Crippen molar-refractivity contribution >= 4 is 49.2 Å². The van der Waals surface area contributed by atoms with Gasteiger partial charge in [-0.25, -0.2) is 18.0 Å². The van der Waals surface area contributed by atoms with Gasteiger partial charge in [-0.2, -0.15) is 28.4 Å². The number of nitriles is 1. The second-order valence-corrected chi connectivity index (χ2v) is 17.9. The summed E-state index contributed by atoms with van der Waals surface area (Å²) in [6.07, 6.45) is -3.97. The molecule has 10 nitrogen and oxygen atoms in total. The van der Waals surface area contributed by atoms with E-state index in [9.17, 15) is 14.4 Å². The van der Waals surface area contributed by atoms with Crippen LogP contribution in [0.4, 0.5) is 42.0 Å². The summed E-state index contributed by atoms with van der Waals surface area (Å²) < 4.78 is 98.8. The highest BCUT2D eigenvalue weighted by atomic mass is 32.1. The van der Waals surface area contributed by atoms with E-state index < -0.39 is 46.2 Å². The van der Waals surface area contributed by atoms with Crippen molar-refractivity contribution in [3.8, 4) is 23.2 Å². The number of anilines is 2. The average Bonchev–Trinajstić information content (AvgIpc) is 3.88. The van der Waals surface area contributed by atoms with E-state index >= 15 is 22.0 Å². The number of fused-ring (bicyclic) bond motifs is 4. The lowest BCUT2D eigenvalue weighted by atomic mass is 9.92. The van der Waals surface area contributed by atoms with Crippen molar-refractivity contribution in [2.45, 2.75) is 70.4 Å². The lowest BCUT2D eigenvalue weighted by Gasteiger charge is -2.32. The first kappa shape index (κ1) is 38.0. The summed E-state index contributed by atoms with van der Waals surface area (Å²) in [5, 5.41) is 9.33. The summed E-state index contributed by atoms with van der Waals surface area (Å²) in [6.45, 7) is 9.46. The first-order valence-electron chi connectivity index (χ1n) is 19.4. The van der Waals surface area contributed by atoms with Crippen LogP contribution in [0.2, 0.25) is 0 Å². The minimum atomic E-state index is -5.12. The molecule has 9 rings (SSSR count). The number of benzene rings is 2. The SMILES string of the molecule is CCN(c1nc(OCC23CCCN2CC(F)C3)nc2c(F)c(-c3ccc(F)c4sc(N)c(C#N)c34)c(C(F)(F)F)cc12)C1CCN(C(=O)N2CC3C(C2)C3(C)C)C1. The number of thiophene rings is 1. The molecule has 2 N–H and O–H groups in total. The van der Waals surface area contributed by atoms with Crippen molar-refractivity contribution in [3.05, 3.63) is 41.0 Å². The van der Waals surface area contributed by atoms with Gasteiger partial charge in [-0.05, 0) is 67.7 Å². The quantitative estimate of drug-likeness (QED) is 0.188. The second kappa shape index (κ2) is 13.2. The molecule has 302 valence electrons. The number of halogens is 6. The fourth-order valence-electron chi connectivity index (χ4n) is 10.4. The Hall–Kier alpha value is -4.56. The van der Waals surface area contributed by atoms with E-state index in [0.29, 0.717) is 62.2 Å². The molecule has 0 spiro atoms. The maximum atomic E-state index is 17.4. The van der Waals surface area contributed by atoms with Crippen molar-refractivity contribution in [1.82, 2.24) is 24.7 Å². The Morgan fingerprint density at radius 2 is 1.88 bits per heavy atom. The van der Waals surface area contributed by atoms with Crippen molar-refractivity contribution in [2.75, 3.05) is 63.1 Å². The number of hydrogen-bond acceptors (Lipinski definition) is 9. The van der Waals surface area contributed by atoms with Gasteiger partial charge >= 0.3 is 18.2 Å². The van der Waals surface area contributed by atoms with Crippen LogP contribution in [0.5, 0.6) is 6.01 Å². The van der Waals surface area contributed by atoms with E-state index in [0.717, 1.165) is 24.6 Å². The topological polar surface area (TPSA) is 115 Å². The summed E-state index contributed by atoms with van der Waals surface area (Å²) in [5.41, 5.74) is 2.20. The Morgan fingerprint density at radius 3 is 2.58 bits per heavy atom. The molecular formula is C40H42F6N8O2S. The van der Waals surface area contributed by atoms with Crippen molar-refractivity contribution in [3.63, 3.8) is 0 Å². The summed E-state index contributed by atoms with van der Waals surface area (Å²) in [6, 6.07) is 3.81. The molecule has 5 aliphatic rings. The maximum absolute atomic E-state index is 17.4. The molecule has 6 heterocycles. The standard InChI is InChI=1S/C40H42F6N8O2S/c1-4-54(21-8-11-51(16-21)37(55)52-17-26-27(18-52)38(26,2)3)35-23-12-25(40(44,45)46)30(22-6-7-28(42)33-29(22)24(14-47)34(48)57-33)31(43)32(23)49-36(50-35)56-19-39-9-5-10-53(39)15-20(41)13-39/h6-7,12,20-21,26-27H,4-5,8-11,13,15-19,48H2,1-3H3. The Labute approximate surface area is 329 Å². The number of alkyl halides is 4. The molecule has 5 atom stereocenters. The fourth-order valence-corrected chi connectivity index (χ4v) is 11.3. The zero-order valence-corrected chi connectivity index (χ0v) is 32.5. The molecule has 2 aromatic carbocycles. The van der Waals surface area contributed by atoms with E-state index in [1.807, 2.05) is 15.9 Å². The minimum absolute atomic E-state index is 0.00534. The number of urea groups is 1. The van der Waals surface area contributed by atoms with E-state index in [1.54, 1.807) is 16.7 Å². The van der Waals surface area contributed by atoms with Gasteiger partial charge in [-0.1, -0.05) is 19.9 Å². The molecule has 1 aliphatic carbocycles. The minimum Gasteiger partial charge on any atom is -0.461 e. The Morgan fingerprint density at radius 1 is 1.12 bits per heavy atom. The van der Waals surface area contributed by atoms with Crippen LogP contribution in [0.1, 0.15) is 57.6 Å². The van der Waals surface area contributed by atoms with E-state index in [-0.39, 0.29) is 93.6 Å². The summed E-state index contributed by atoms with van der Waals surface area (Å²) >= 11 is 0.688. The fraction of sp³-hybridized carbons (Fsp3) is 0.550. The molecule has 0 bridgehead atoms. The molecular weight excluding hydrogens is 771 g/mol. The molecule has 4 saturated heterocycles. The van der Waals surface area contributed by atoms with Gasteiger partial charge in [0.15, 0.2) is 5.82 Å². The number of aromatic nitrogens is 2. The van der Waals surface area contributed by atoms with Crippen LogP contribution in [0.3, 0.4) is 0 Å². The van der Waals surface area contributed by atoms with Crippen molar-refractivity contribution < 1.29 is 35.9 Å². The van der Waals surface area contributed by atoms with E-state index in [2.05, 4.69) is 23.8 Å². The number of rotatable bonds is 7. The predicted molar refractivity (Wildman–Crippen MR) is 204 cm³/mol. The van der Waals surface area contributed by atoms with Gasteiger partial charge in [0.1, 0.15) is 41.0 Å². The number of likely N-dealkylation sites (tertiary alicyclic amines) is 2. The summed E-state index contributed by atoms with van der Waals surface area (Å²) in [5.74, 6) is -1.26. The molecule has 1 saturated carbocycles. The van der Waals surface area contributed by atoms with E-state index in [1.165, 1.54) is 0 Å². The summed E-state index contributed by atoms with van der Waals surface area (Å²) in [7, 11) is 0. The van der Waals surface area contributed by atoms with Crippen LogP contribution in [0, 0.1) is 40.2 Å². The smallest absolute Gasteiger partial charge is 0.417 e. The number of amides is 2. The molecule has 2 aromatic heterocycles. The number of nitrogens with two attached hydrogens (primary N) is 1. The van der Waals surface area contributed by atoms with Crippen LogP contribution < -0.4 is 15.4 Å². The zero-order chi connectivity index (χ0) is 40.3. The third-order valence-corrected chi connectivity index (χ3v) is 14.5. The van der Waals surface area contributed by atoms with Crippen molar-refractivity contribution in [1.29, 1.82) is 5.26 Å². The van der Waals surface area contributed by atoms with Crippen molar-refractivity contribution in [2.24, 2.45) is 17.3 Å². The number of piperidine rings is 1. The van der Waals surface area contributed by atoms with Gasteiger partial charge in [-0.3, -0.25) is 4.90 Å². The molecule has 5 unspecified atom stereocenters. The highest BCUT2D eigenvalue weighted by Crippen LogP contribution is 2.62. The van der Waals surface area contributed by atoms with Crippen LogP contribution in [0.15, 0.2) is 18.2 Å². The molecule has 57 heavy (non-hydrogen) atoms. The third-order valence-electron chi connectivity index (χ3n) is 13.5. The van der Waals surface area contributed by atoms with Crippen LogP contribution >= 0.6 is 11.3 Å². The highest BCUT2D eigenvalue weighted by Gasteiger charge is 2.63. The second-order valence-electron chi connectivity index (χ2n) is 16.8. The number of nitrogens with zero attached hydrogens (tertiary/aromatic N) is 7. The van der Waals surface area contributed by atoms with Gasteiger partial charge in [0.05, 0.1) is 21.4 Å². The van der Waals surface area contributed by atoms with Gasteiger partial charge in [-0.15, -0.1) is 11.3 Å². The first-order chi connectivity index (χ1) is 27.1. The monoisotopic (exact) mass is 812 g/mol. The molecule has 4 aliphatic heterocycles. The largest absolute Gasteiger partial charge is 0.461 e.